The largest absolute Gasteiger partial charge is 0.370 e. The van der Waals surface area contributed by atoms with Crippen molar-refractivity contribution in [2.75, 3.05) is 18.0 Å². The Labute approximate surface area is 181 Å². The van der Waals surface area contributed by atoms with Crippen LogP contribution in [0.2, 0.25) is 5.02 Å². The summed E-state index contributed by atoms with van der Waals surface area (Å²) in [4.78, 5) is 2.54. The van der Waals surface area contributed by atoms with Crippen LogP contribution in [0.5, 0.6) is 0 Å². The number of hydrogen-bond donors (Lipinski definition) is 0. The van der Waals surface area contributed by atoms with Gasteiger partial charge in [0.15, 0.2) is 0 Å². The predicted octanol–water partition coefficient (Wildman–Crippen LogP) is 9.43. The van der Waals surface area contributed by atoms with Gasteiger partial charge in [-0.15, -0.1) is 0 Å². The highest BCUT2D eigenvalue weighted by molar-refractivity contribution is 6.33. The Bertz CT molecular complexity index is 440. The van der Waals surface area contributed by atoms with Gasteiger partial charge in [-0.2, -0.15) is 0 Å². The monoisotopic (exact) mass is 407 g/mol. The molecule has 28 heavy (non-hydrogen) atoms. The lowest BCUT2D eigenvalue weighted by atomic mass is 10.1. The highest BCUT2D eigenvalue weighted by Gasteiger charge is 2.09. The molecule has 0 saturated heterocycles. The topological polar surface area (TPSA) is 3.24 Å². The minimum Gasteiger partial charge on any atom is -0.370 e. The molecule has 0 radical (unpaired) electrons. The van der Waals surface area contributed by atoms with E-state index < -0.39 is 0 Å². The van der Waals surface area contributed by atoms with Crippen LogP contribution in [-0.4, -0.2) is 13.1 Å². The lowest BCUT2D eigenvalue weighted by Crippen LogP contribution is -2.26. The summed E-state index contributed by atoms with van der Waals surface area (Å²) in [5.74, 6) is 0. The summed E-state index contributed by atoms with van der Waals surface area (Å²) in [6.45, 7) is 6.87. The Morgan fingerprint density at radius 3 is 1.39 bits per heavy atom. The molecule has 0 heterocycles. The zero-order chi connectivity index (χ0) is 20.3. The molecule has 162 valence electrons. The summed E-state index contributed by atoms with van der Waals surface area (Å²) in [5, 5.41) is 0.904. The third-order valence-electron chi connectivity index (χ3n) is 5.76. The van der Waals surface area contributed by atoms with E-state index in [2.05, 4.69) is 30.9 Å². The second kappa shape index (κ2) is 18.3. The molecular weight excluding hydrogens is 362 g/mol. The molecule has 0 aromatic heterocycles. The number of para-hydroxylation sites is 1. The van der Waals surface area contributed by atoms with Crippen LogP contribution in [0.25, 0.3) is 0 Å². The van der Waals surface area contributed by atoms with Gasteiger partial charge in [0.25, 0.3) is 0 Å². The van der Waals surface area contributed by atoms with Crippen LogP contribution >= 0.6 is 11.6 Å². The average molecular weight is 408 g/mol. The zero-order valence-electron chi connectivity index (χ0n) is 18.9. The molecule has 1 nitrogen and oxygen atoms in total. The summed E-state index contributed by atoms with van der Waals surface area (Å²) < 4.78 is 0. The van der Waals surface area contributed by atoms with Crippen LogP contribution < -0.4 is 4.90 Å². The Morgan fingerprint density at radius 1 is 0.571 bits per heavy atom. The highest BCUT2D eigenvalue weighted by atomic mass is 35.5. The van der Waals surface area contributed by atoms with Crippen molar-refractivity contribution < 1.29 is 0 Å². The van der Waals surface area contributed by atoms with E-state index in [0.717, 1.165) is 18.1 Å². The van der Waals surface area contributed by atoms with Crippen LogP contribution in [-0.2, 0) is 0 Å². The van der Waals surface area contributed by atoms with Crippen molar-refractivity contribution in [2.24, 2.45) is 0 Å². The quantitative estimate of drug-likeness (QED) is 0.206. The molecule has 0 fully saturated rings. The molecule has 0 aliphatic rings. The number of nitrogens with zero attached hydrogens (tertiary/aromatic N) is 1. The molecule has 0 N–H and O–H groups in total. The molecule has 0 amide bonds. The van der Waals surface area contributed by atoms with Gasteiger partial charge in [0, 0.05) is 13.1 Å². The van der Waals surface area contributed by atoms with Crippen molar-refractivity contribution in [2.45, 2.75) is 117 Å². The van der Waals surface area contributed by atoms with Gasteiger partial charge in [-0.1, -0.05) is 127 Å². The normalized spacial score (nSPS) is 11.1. The van der Waals surface area contributed by atoms with Crippen LogP contribution in [0.1, 0.15) is 117 Å². The molecule has 0 aliphatic carbocycles. The van der Waals surface area contributed by atoms with Crippen LogP contribution in [0, 0.1) is 0 Å². The maximum Gasteiger partial charge on any atom is 0.0639 e. The molecular formula is C26H46ClN. The van der Waals surface area contributed by atoms with Gasteiger partial charge in [0.2, 0.25) is 0 Å². The zero-order valence-corrected chi connectivity index (χ0v) is 19.6. The molecule has 2 heteroatoms. The fourth-order valence-electron chi connectivity index (χ4n) is 3.93. The molecule has 0 unspecified atom stereocenters. The number of benzene rings is 1. The molecule has 0 atom stereocenters. The molecule has 0 spiro atoms. The summed E-state index contributed by atoms with van der Waals surface area (Å²) in [6.07, 6.45) is 22.0. The first-order chi connectivity index (χ1) is 13.8. The minimum atomic E-state index is 0.904. The summed E-state index contributed by atoms with van der Waals surface area (Å²) >= 11 is 6.50. The van der Waals surface area contributed by atoms with Gasteiger partial charge in [-0.3, -0.25) is 0 Å². The molecule has 0 aliphatic heterocycles. The minimum absolute atomic E-state index is 0.904. The Balaban J connectivity index is 2.27. The number of halogens is 1. The summed E-state index contributed by atoms with van der Waals surface area (Å²) in [7, 11) is 0. The van der Waals surface area contributed by atoms with Gasteiger partial charge < -0.3 is 4.90 Å². The molecule has 0 bridgehead atoms. The second-order valence-electron chi connectivity index (χ2n) is 8.39. The Morgan fingerprint density at radius 2 is 0.964 bits per heavy atom. The molecule has 0 saturated carbocycles. The Hall–Kier alpha value is -0.690. The standard InChI is InChI=1S/C26H46ClN/c1-3-5-7-9-11-13-15-19-23-28(26-22-18-17-21-25(26)27)24-20-16-14-12-10-8-6-4-2/h17-18,21-22H,3-16,19-20,23-24H2,1-2H3. The molecule has 1 aromatic carbocycles. The van der Waals surface area contributed by atoms with Crippen molar-refractivity contribution in [3.8, 4) is 0 Å². The third-order valence-corrected chi connectivity index (χ3v) is 6.08. The van der Waals surface area contributed by atoms with E-state index in [1.165, 1.54) is 108 Å². The third kappa shape index (κ3) is 12.7. The van der Waals surface area contributed by atoms with Gasteiger partial charge >= 0.3 is 0 Å². The van der Waals surface area contributed by atoms with E-state index in [0.29, 0.717) is 0 Å². The van der Waals surface area contributed by atoms with Gasteiger partial charge in [-0.25, -0.2) is 0 Å². The van der Waals surface area contributed by atoms with E-state index >= 15 is 0 Å². The fourth-order valence-corrected chi connectivity index (χ4v) is 4.19. The lowest BCUT2D eigenvalue weighted by molar-refractivity contribution is 0.555. The van der Waals surface area contributed by atoms with E-state index in [1.54, 1.807) is 0 Å². The molecule has 1 aromatic rings. The first-order valence-corrected chi connectivity index (χ1v) is 12.7. The number of hydrogen-bond acceptors (Lipinski definition) is 1. The first-order valence-electron chi connectivity index (χ1n) is 12.3. The fraction of sp³-hybridized carbons (Fsp3) is 0.769. The maximum atomic E-state index is 6.50. The van der Waals surface area contributed by atoms with Gasteiger partial charge in [0.05, 0.1) is 10.7 Å². The van der Waals surface area contributed by atoms with E-state index in [9.17, 15) is 0 Å². The smallest absolute Gasteiger partial charge is 0.0639 e. The van der Waals surface area contributed by atoms with E-state index in [1.807, 2.05) is 12.1 Å². The number of rotatable bonds is 19. The second-order valence-corrected chi connectivity index (χ2v) is 8.80. The van der Waals surface area contributed by atoms with Crippen molar-refractivity contribution in [1.29, 1.82) is 0 Å². The number of anilines is 1. The predicted molar refractivity (Wildman–Crippen MR) is 129 cm³/mol. The SMILES string of the molecule is CCCCCCCCCCN(CCCCCCCCCC)c1ccccc1Cl. The van der Waals surface area contributed by atoms with Crippen LogP contribution in [0.4, 0.5) is 5.69 Å². The molecule has 1 rings (SSSR count). The van der Waals surface area contributed by atoms with Crippen LogP contribution in [0.3, 0.4) is 0 Å². The maximum absolute atomic E-state index is 6.50. The van der Waals surface area contributed by atoms with Crippen molar-refractivity contribution in [3.05, 3.63) is 29.3 Å². The Kier molecular flexibility index (Phi) is 16.6. The highest BCUT2D eigenvalue weighted by Crippen LogP contribution is 2.26. The van der Waals surface area contributed by atoms with Gasteiger partial charge in [-0.05, 0) is 25.0 Å². The number of unbranched alkanes of at least 4 members (excludes halogenated alkanes) is 14. The first kappa shape index (κ1) is 25.3. The van der Waals surface area contributed by atoms with Crippen molar-refractivity contribution >= 4 is 17.3 Å². The van der Waals surface area contributed by atoms with Crippen LogP contribution in [0.15, 0.2) is 24.3 Å². The average Bonchev–Trinajstić information content (AvgIpc) is 2.71. The summed E-state index contributed by atoms with van der Waals surface area (Å²) in [5.41, 5.74) is 1.23. The van der Waals surface area contributed by atoms with Crippen molar-refractivity contribution in [3.63, 3.8) is 0 Å². The summed E-state index contributed by atoms with van der Waals surface area (Å²) in [6, 6.07) is 8.38. The lowest BCUT2D eigenvalue weighted by Gasteiger charge is -2.26. The van der Waals surface area contributed by atoms with E-state index in [4.69, 9.17) is 11.6 Å². The van der Waals surface area contributed by atoms with Gasteiger partial charge in [0.1, 0.15) is 0 Å². The van der Waals surface area contributed by atoms with E-state index in [-0.39, 0.29) is 0 Å². The van der Waals surface area contributed by atoms with Crippen molar-refractivity contribution in [1.82, 2.24) is 0 Å².